The van der Waals surface area contributed by atoms with Gasteiger partial charge in [-0.15, -0.1) is 0 Å². The highest BCUT2D eigenvalue weighted by atomic mass is 35.5. The molecule has 0 fully saturated rings. The first-order chi connectivity index (χ1) is 11.8. The minimum atomic E-state index is -4.17. The zero-order valence-corrected chi connectivity index (χ0v) is 15.5. The molecule has 6 nitrogen and oxygen atoms in total. The summed E-state index contributed by atoms with van der Waals surface area (Å²) in [5.41, 5.74) is -0.00884. The molecule has 0 radical (unpaired) electrons. The Bertz CT molecular complexity index is 869. The molecule has 0 aromatic heterocycles. The standard InChI is InChI=1S/C16H15Cl2NO5S/c1-2-24-12-4-6-13(7-5-12)25(22,23)19(10-16(20)21)15-9-11(17)3-8-14(15)18/h3-9H,2,10H2,1H3,(H,20,21). The van der Waals surface area contributed by atoms with E-state index in [4.69, 9.17) is 33.0 Å². The van der Waals surface area contributed by atoms with E-state index in [9.17, 15) is 13.2 Å². The van der Waals surface area contributed by atoms with Crippen molar-refractivity contribution in [3.8, 4) is 5.75 Å². The summed E-state index contributed by atoms with van der Waals surface area (Å²) in [6.07, 6.45) is 0. The van der Waals surface area contributed by atoms with Gasteiger partial charge in [-0.2, -0.15) is 0 Å². The Hall–Kier alpha value is -1.96. The molecular weight excluding hydrogens is 389 g/mol. The Balaban J connectivity index is 2.52. The second-order valence-corrected chi connectivity index (χ2v) is 7.61. The second-order valence-electron chi connectivity index (χ2n) is 4.91. The number of aliphatic carboxylic acids is 1. The fourth-order valence-corrected chi connectivity index (χ4v) is 3.96. The minimum absolute atomic E-state index is 0.00884. The number of sulfonamides is 1. The van der Waals surface area contributed by atoms with E-state index >= 15 is 0 Å². The fraction of sp³-hybridized carbons (Fsp3) is 0.188. The van der Waals surface area contributed by atoms with Crippen molar-refractivity contribution in [2.24, 2.45) is 0 Å². The molecule has 2 rings (SSSR count). The summed E-state index contributed by atoms with van der Waals surface area (Å²) in [4.78, 5) is 11.1. The van der Waals surface area contributed by atoms with Crippen molar-refractivity contribution in [1.29, 1.82) is 0 Å². The number of hydrogen-bond donors (Lipinski definition) is 1. The lowest BCUT2D eigenvalue weighted by atomic mass is 10.3. The molecule has 2 aromatic rings. The van der Waals surface area contributed by atoms with Gasteiger partial charge < -0.3 is 9.84 Å². The number of nitrogens with zero attached hydrogens (tertiary/aromatic N) is 1. The second kappa shape index (κ2) is 7.95. The van der Waals surface area contributed by atoms with Gasteiger partial charge in [-0.3, -0.25) is 9.10 Å². The molecule has 25 heavy (non-hydrogen) atoms. The lowest BCUT2D eigenvalue weighted by Crippen LogP contribution is -2.36. The van der Waals surface area contributed by atoms with Crippen molar-refractivity contribution >= 4 is 44.9 Å². The Morgan fingerprint density at radius 3 is 2.36 bits per heavy atom. The van der Waals surface area contributed by atoms with Gasteiger partial charge in [0.25, 0.3) is 10.0 Å². The van der Waals surface area contributed by atoms with Gasteiger partial charge in [0.2, 0.25) is 0 Å². The van der Waals surface area contributed by atoms with Crippen LogP contribution in [0.25, 0.3) is 0 Å². The highest BCUT2D eigenvalue weighted by Gasteiger charge is 2.29. The molecule has 0 atom stereocenters. The SMILES string of the molecule is CCOc1ccc(S(=O)(=O)N(CC(=O)O)c2cc(Cl)ccc2Cl)cc1. The molecule has 0 bridgehead atoms. The molecule has 1 N–H and O–H groups in total. The van der Waals surface area contributed by atoms with Gasteiger partial charge in [0.05, 0.1) is 22.2 Å². The molecule has 0 spiro atoms. The number of ether oxygens (including phenoxy) is 1. The van der Waals surface area contributed by atoms with E-state index in [-0.39, 0.29) is 20.6 Å². The molecular formula is C16H15Cl2NO5S. The van der Waals surface area contributed by atoms with Gasteiger partial charge in [0.1, 0.15) is 12.3 Å². The summed E-state index contributed by atoms with van der Waals surface area (Å²) in [5, 5.41) is 9.43. The normalized spacial score (nSPS) is 11.2. The van der Waals surface area contributed by atoms with Crippen LogP contribution in [0.2, 0.25) is 10.0 Å². The van der Waals surface area contributed by atoms with Crippen LogP contribution in [0.15, 0.2) is 47.4 Å². The maximum absolute atomic E-state index is 12.9. The van der Waals surface area contributed by atoms with Crippen LogP contribution in [0.5, 0.6) is 5.75 Å². The largest absolute Gasteiger partial charge is 0.494 e. The quantitative estimate of drug-likeness (QED) is 0.761. The lowest BCUT2D eigenvalue weighted by Gasteiger charge is -2.24. The van der Waals surface area contributed by atoms with E-state index in [1.54, 1.807) is 6.92 Å². The smallest absolute Gasteiger partial charge is 0.324 e. The third kappa shape index (κ3) is 4.56. The topological polar surface area (TPSA) is 83.9 Å². The van der Waals surface area contributed by atoms with E-state index in [0.717, 1.165) is 0 Å². The average Bonchev–Trinajstić information content (AvgIpc) is 2.55. The average molecular weight is 404 g/mol. The van der Waals surface area contributed by atoms with Crippen LogP contribution in [0, 0.1) is 0 Å². The number of benzene rings is 2. The first-order valence-electron chi connectivity index (χ1n) is 7.18. The molecule has 0 saturated carbocycles. The Kier molecular flexibility index (Phi) is 6.16. The Morgan fingerprint density at radius 1 is 1.16 bits per heavy atom. The molecule has 134 valence electrons. The van der Waals surface area contributed by atoms with Crippen LogP contribution in [0.4, 0.5) is 5.69 Å². The zero-order valence-electron chi connectivity index (χ0n) is 13.1. The molecule has 0 saturated heterocycles. The van der Waals surface area contributed by atoms with Gasteiger partial charge in [0, 0.05) is 5.02 Å². The van der Waals surface area contributed by atoms with Gasteiger partial charge >= 0.3 is 5.97 Å². The first kappa shape index (κ1) is 19.4. The Morgan fingerprint density at radius 2 is 1.80 bits per heavy atom. The number of rotatable bonds is 7. The molecule has 2 aromatic carbocycles. The van der Waals surface area contributed by atoms with Crippen LogP contribution >= 0.6 is 23.2 Å². The lowest BCUT2D eigenvalue weighted by molar-refractivity contribution is -0.135. The summed E-state index contributed by atoms with van der Waals surface area (Å²) >= 11 is 12.0. The summed E-state index contributed by atoms with van der Waals surface area (Å²) in [6.45, 7) is 1.45. The molecule has 0 aliphatic heterocycles. The van der Waals surface area contributed by atoms with E-state index in [1.165, 1.54) is 42.5 Å². The molecule has 0 unspecified atom stereocenters. The number of carboxylic acids is 1. The van der Waals surface area contributed by atoms with E-state index in [0.29, 0.717) is 16.7 Å². The van der Waals surface area contributed by atoms with Crippen molar-refractivity contribution in [2.45, 2.75) is 11.8 Å². The van der Waals surface area contributed by atoms with Crippen LogP contribution in [-0.2, 0) is 14.8 Å². The van der Waals surface area contributed by atoms with Crippen LogP contribution in [0.3, 0.4) is 0 Å². The zero-order chi connectivity index (χ0) is 18.6. The van der Waals surface area contributed by atoms with Crippen LogP contribution in [0.1, 0.15) is 6.92 Å². The fourth-order valence-electron chi connectivity index (χ4n) is 2.10. The van der Waals surface area contributed by atoms with E-state index in [2.05, 4.69) is 0 Å². The number of carbonyl (C=O) groups is 1. The van der Waals surface area contributed by atoms with E-state index < -0.39 is 22.5 Å². The maximum Gasteiger partial charge on any atom is 0.324 e. The summed E-state index contributed by atoms with van der Waals surface area (Å²) in [6, 6.07) is 9.86. The summed E-state index contributed by atoms with van der Waals surface area (Å²) in [5.74, 6) is -0.822. The monoisotopic (exact) mass is 403 g/mol. The molecule has 0 aliphatic carbocycles. The van der Waals surface area contributed by atoms with Crippen molar-refractivity contribution in [1.82, 2.24) is 0 Å². The number of hydrogen-bond acceptors (Lipinski definition) is 4. The first-order valence-corrected chi connectivity index (χ1v) is 9.37. The number of carboxylic acid groups (broad SMARTS) is 1. The van der Waals surface area contributed by atoms with Gasteiger partial charge in [0.15, 0.2) is 0 Å². The van der Waals surface area contributed by atoms with E-state index in [1.807, 2.05) is 0 Å². The minimum Gasteiger partial charge on any atom is -0.494 e. The highest BCUT2D eigenvalue weighted by molar-refractivity contribution is 7.92. The molecule has 9 heteroatoms. The third-order valence-corrected chi connectivity index (χ3v) is 5.51. The molecule has 0 aliphatic rings. The van der Waals surface area contributed by atoms with Gasteiger partial charge in [-0.1, -0.05) is 23.2 Å². The Labute approximate surface area is 155 Å². The van der Waals surface area contributed by atoms with Crippen molar-refractivity contribution in [2.75, 3.05) is 17.5 Å². The summed E-state index contributed by atoms with van der Waals surface area (Å²) < 4.78 is 31.8. The summed E-state index contributed by atoms with van der Waals surface area (Å²) in [7, 11) is -4.17. The molecule has 0 amide bonds. The predicted octanol–water partition coefficient (Wildman–Crippen LogP) is 3.67. The van der Waals surface area contributed by atoms with Crippen molar-refractivity contribution < 1.29 is 23.1 Å². The van der Waals surface area contributed by atoms with Gasteiger partial charge in [-0.05, 0) is 49.4 Å². The number of halogens is 2. The van der Waals surface area contributed by atoms with Gasteiger partial charge in [-0.25, -0.2) is 8.42 Å². The maximum atomic E-state index is 12.9. The third-order valence-electron chi connectivity index (χ3n) is 3.18. The van der Waals surface area contributed by atoms with Crippen LogP contribution < -0.4 is 9.04 Å². The van der Waals surface area contributed by atoms with Crippen molar-refractivity contribution in [3.63, 3.8) is 0 Å². The number of anilines is 1. The molecule has 0 heterocycles. The highest BCUT2D eigenvalue weighted by Crippen LogP contribution is 2.33. The van der Waals surface area contributed by atoms with Crippen molar-refractivity contribution in [3.05, 3.63) is 52.5 Å². The van der Waals surface area contributed by atoms with Crippen LogP contribution in [-0.4, -0.2) is 32.6 Å². The predicted molar refractivity (Wildman–Crippen MR) is 96.2 cm³/mol.